The van der Waals surface area contributed by atoms with Gasteiger partial charge in [0, 0.05) is 40.3 Å². The minimum Gasteiger partial charge on any atom is -0.347 e. The van der Waals surface area contributed by atoms with Crippen LogP contribution < -0.4 is 5.32 Å². The van der Waals surface area contributed by atoms with Gasteiger partial charge >= 0.3 is 0 Å². The van der Waals surface area contributed by atoms with Gasteiger partial charge in [-0.25, -0.2) is 0 Å². The van der Waals surface area contributed by atoms with Gasteiger partial charge in [0.05, 0.1) is 0 Å². The number of hydrogen-bond donors (Lipinski definition) is 1. The summed E-state index contributed by atoms with van der Waals surface area (Å²) in [4.78, 5) is 16.1. The van der Waals surface area contributed by atoms with Gasteiger partial charge in [0.15, 0.2) is 0 Å². The van der Waals surface area contributed by atoms with E-state index in [9.17, 15) is 4.79 Å². The highest BCUT2D eigenvalue weighted by atomic mass is 16.2. The van der Waals surface area contributed by atoms with Crippen molar-refractivity contribution < 1.29 is 4.79 Å². The molecule has 1 aliphatic rings. The highest BCUT2D eigenvalue weighted by Crippen LogP contribution is 2.11. The van der Waals surface area contributed by atoms with Crippen LogP contribution in [0.4, 0.5) is 0 Å². The molecule has 18 heavy (non-hydrogen) atoms. The molecule has 1 aliphatic heterocycles. The van der Waals surface area contributed by atoms with Crippen molar-refractivity contribution in [3.63, 3.8) is 0 Å². The Bertz CT molecular complexity index is 391. The zero-order chi connectivity index (χ0) is 13.0. The number of carbonyl (C=O) groups excluding carboxylic acids is 1. The fourth-order valence-electron chi connectivity index (χ4n) is 2.30. The third-order valence-electron chi connectivity index (χ3n) is 3.31. The van der Waals surface area contributed by atoms with Crippen LogP contribution in [0.5, 0.6) is 0 Å². The number of amides is 1. The second kappa shape index (κ2) is 5.98. The molecule has 1 amide bonds. The third kappa shape index (κ3) is 3.09. The van der Waals surface area contributed by atoms with Crippen molar-refractivity contribution in [3.05, 3.63) is 35.9 Å². The molecule has 0 aromatic heterocycles. The largest absolute Gasteiger partial charge is 0.347 e. The predicted octanol–water partition coefficient (Wildman–Crippen LogP) is 0.549. The van der Waals surface area contributed by atoms with Gasteiger partial charge in [0.2, 0.25) is 5.91 Å². The average Bonchev–Trinajstić information content (AvgIpc) is 2.39. The van der Waals surface area contributed by atoms with Crippen molar-refractivity contribution in [2.75, 3.05) is 33.7 Å². The van der Waals surface area contributed by atoms with Crippen LogP contribution in [-0.2, 0) is 11.3 Å². The SMILES string of the molecule is CN(C)C(=O)[C@@H]1CNCCN1Cc1ccccc1. The summed E-state index contributed by atoms with van der Waals surface area (Å²) in [7, 11) is 3.63. The molecule has 98 valence electrons. The number of rotatable bonds is 3. The van der Waals surface area contributed by atoms with Crippen LogP contribution in [0, 0.1) is 0 Å². The highest BCUT2D eigenvalue weighted by Gasteiger charge is 2.29. The number of piperazine rings is 1. The fourth-order valence-corrected chi connectivity index (χ4v) is 2.30. The van der Waals surface area contributed by atoms with E-state index in [1.54, 1.807) is 4.90 Å². The van der Waals surface area contributed by atoms with Crippen molar-refractivity contribution >= 4 is 5.91 Å². The highest BCUT2D eigenvalue weighted by molar-refractivity contribution is 5.81. The molecule has 0 bridgehead atoms. The number of nitrogens with one attached hydrogen (secondary N) is 1. The number of hydrogen-bond acceptors (Lipinski definition) is 3. The Morgan fingerprint density at radius 3 is 2.78 bits per heavy atom. The summed E-state index contributed by atoms with van der Waals surface area (Å²) in [6, 6.07) is 10.3. The third-order valence-corrected chi connectivity index (χ3v) is 3.31. The lowest BCUT2D eigenvalue weighted by atomic mass is 10.1. The molecule has 0 saturated carbocycles. The van der Waals surface area contributed by atoms with E-state index in [2.05, 4.69) is 22.3 Å². The summed E-state index contributed by atoms with van der Waals surface area (Å²) in [5.74, 6) is 0.179. The number of carbonyl (C=O) groups is 1. The Hall–Kier alpha value is -1.39. The lowest BCUT2D eigenvalue weighted by molar-refractivity contribution is -0.135. The molecule has 2 rings (SSSR count). The summed E-state index contributed by atoms with van der Waals surface area (Å²) in [6.45, 7) is 3.44. The number of likely N-dealkylation sites (N-methyl/N-ethyl adjacent to an activating group) is 1. The summed E-state index contributed by atoms with van der Waals surface area (Å²) in [5, 5.41) is 3.30. The van der Waals surface area contributed by atoms with Gasteiger partial charge in [-0.05, 0) is 5.56 Å². The van der Waals surface area contributed by atoms with Crippen molar-refractivity contribution in [1.29, 1.82) is 0 Å². The maximum atomic E-state index is 12.1. The maximum Gasteiger partial charge on any atom is 0.240 e. The Kier molecular flexibility index (Phi) is 4.33. The zero-order valence-corrected chi connectivity index (χ0v) is 11.1. The van der Waals surface area contributed by atoms with Crippen molar-refractivity contribution in [2.45, 2.75) is 12.6 Å². The first-order chi connectivity index (χ1) is 8.68. The van der Waals surface area contributed by atoms with Crippen molar-refractivity contribution in [3.8, 4) is 0 Å². The average molecular weight is 247 g/mol. The van der Waals surface area contributed by atoms with E-state index in [1.807, 2.05) is 32.3 Å². The predicted molar refractivity (Wildman–Crippen MR) is 72.2 cm³/mol. The molecule has 1 fully saturated rings. The van der Waals surface area contributed by atoms with Crippen molar-refractivity contribution in [1.82, 2.24) is 15.1 Å². The van der Waals surface area contributed by atoms with Crippen molar-refractivity contribution in [2.24, 2.45) is 0 Å². The summed E-state index contributed by atoms with van der Waals surface area (Å²) < 4.78 is 0. The van der Waals surface area contributed by atoms with Gasteiger partial charge in [-0.1, -0.05) is 30.3 Å². The molecule has 1 saturated heterocycles. The van der Waals surface area contributed by atoms with Crippen LogP contribution >= 0.6 is 0 Å². The minimum atomic E-state index is -0.0473. The molecule has 0 unspecified atom stereocenters. The molecule has 4 heteroatoms. The van der Waals surface area contributed by atoms with Gasteiger partial charge < -0.3 is 10.2 Å². The van der Waals surface area contributed by atoms with E-state index in [0.717, 1.165) is 26.2 Å². The first-order valence-electron chi connectivity index (χ1n) is 6.38. The maximum absolute atomic E-state index is 12.1. The quantitative estimate of drug-likeness (QED) is 0.847. The normalized spacial score (nSPS) is 20.7. The molecule has 1 N–H and O–H groups in total. The minimum absolute atomic E-state index is 0.0473. The van der Waals surface area contributed by atoms with Crippen LogP contribution in [-0.4, -0.2) is 55.5 Å². The number of nitrogens with zero attached hydrogens (tertiary/aromatic N) is 2. The molecule has 0 radical (unpaired) electrons. The fraction of sp³-hybridized carbons (Fsp3) is 0.500. The Balaban J connectivity index is 2.06. The van der Waals surface area contributed by atoms with Gasteiger partial charge in [-0.15, -0.1) is 0 Å². The summed E-state index contributed by atoms with van der Waals surface area (Å²) in [5.41, 5.74) is 1.26. The monoisotopic (exact) mass is 247 g/mol. The van der Waals surface area contributed by atoms with E-state index < -0.39 is 0 Å². The summed E-state index contributed by atoms with van der Waals surface area (Å²) >= 11 is 0. The van der Waals surface area contributed by atoms with Crippen LogP contribution in [0.15, 0.2) is 30.3 Å². The Morgan fingerprint density at radius 2 is 2.11 bits per heavy atom. The zero-order valence-electron chi connectivity index (χ0n) is 11.1. The molecule has 4 nitrogen and oxygen atoms in total. The van der Waals surface area contributed by atoms with Gasteiger partial charge in [0.1, 0.15) is 6.04 Å². The lowest BCUT2D eigenvalue weighted by Crippen LogP contribution is -2.57. The standard InChI is InChI=1S/C14H21N3O/c1-16(2)14(18)13-10-15-8-9-17(13)11-12-6-4-3-5-7-12/h3-7,13,15H,8-11H2,1-2H3/t13-/m0/s1. The lowest BCUT2D eigenvalue weighted by Gasteiger charge is -2.36. The van der Waals surface area contributed by atoms with Crippen LogP contribution in [0.1, 0.15) is 5.56 Å². The van der Waals surface area contributed by atoms with Gasteiger partial charge in [-0.3, -0.25) is 9.69 Å². The molecule has 1 heterocycles. The van der Waals surface area contributed by atoms with E-state index in [4.69, 9.17) is 0 Å². The Labute approximate surface area is 109 Å². The van der Waals surface area contributed by atoms with Gasteiger partial charge in [0.25, 0.3) is 0 Å². The molecule has 1 aromatic carbocycles. The van der Waals surface area contributed by atoms with E-state index >= 15 is 0 Å². The first kappa shape index (κ1) is 13.1. The van der Waals surface area contributed by atoms with E-state index in [0.29, 0.717) is 0 Å². The van der Waals surface area contributed by atoms with Crippen LogP contribution in [0.2, 0.25) is 0 Å². The second-order valence-electron chi connectivity index (χ2n) is 4.91. The first-order valence-corrected chi connectivity index (χ1v) is 6.38. The molecular formula is C14H21N3O. The molecule has 0 spiro atoms. The molecular weight excluding hydrogens is 226 g/mol. The molecule has 1 atom stereocenters. The molecule has 1 aromatic rings. The Morgan fingerprint density at radius 1 is 1.39 bits per heavy atom. The number of benzene rings is 1. The topological polar surface area (TPSA) is 35.6 Å². The van der Waals surface area contributed by atoms with Crippen LogP contribution in [0.3, 0.4) is 0 Å². The van der Waals surface area contributed by atoms with Gasteiger partial charge in [-0.2, -0.15) is 0 Å². The summed E-state index contributed by atoms with van der Waals surface area (Å²) in [6.07, 6.45) is 0. The molecule has 0 aliphatic carbocycles. The van der Waals surface area contributed by atoms with E-state index in [1.165, 1.54) is 5.56 Å². The second-order valence-corrected chi connectivity index (χ2v) is 4.91. The smallest absolute Gasteiger partial charge is 0.240 e. The van der Waals surface area contributed by atoms with E-state index in [-0.39, 0.29) is 11.9 Å². The van der Waals surface area contributed by atoms with Crippen LogP contribution in [0.25, 0.3) is 0 Å².